The minimum atomic E-state index is -4.48. The molecule has 0 spiro atoms. The van der Waals surface area contributed by atoms with Crippen LogP contribution >= 0.6 is 0 Å². The molecule has 3 aromatic carbocycles. The first-order valence-electron chi connectivity index (χ1n) is 12.1. The van der Waals surface area contributed by atoms with Crippen LogP contribution in [0.25, 0.3) is 0 Å². The van der Waals surface area contributed by atoms with Gasteiger partial charge in [0.25, 0.3) is 0 Å². The van der Waals surface area contributed by atoms with Gasteiger partial charge in [0.05, 0.1) is 12.0 Å². The van der Waals surface area contributed by atoms with Gasteiger partial charge in [-0.1, -0.05) is 54.6 Å². The summed E-state index contributed by atoms with van der Waals surface area (Å²) in [5.41, 5.74) is 2.48. The highest BCUT2D eigenvalue weighted by atomic mass is 19.4. The van der Waals surface area contributed by atoms with Crippen LogP contribution in [-0.2, 0) is 35.2 Å². The van der Waals surface area contributed by atoms with E-state index in [1.807, 2.05) is 73.6 Å². The number of nitrogens with zero attached hydrogens (tertiary/aromatic N) is 2. The van der Waals surface area contributed by atoms with Gasteiger partial charge in [-0.2, -0.15) is 13.2 Å². The predicted molar refractivity (Wildman–Crippen MR) is 139 cm³/mol. The Hall–Kier alpha value is -3.81. The van der Waals surface area contributed by atoms with Crippen molar-refractivity contribution in [3.05, 3.63) is 101 Å². The number of rotatable bonds is 12. The molecule has 1 atom stereocenters. The quantitative estimate of drug-likeness (QED) is 0.345. The number of amides is 2. The van der Waals surface area contributed by atoms with E-state index < -0.39 is 17.8 Å². The summed E-state index contributed by atoms with van der Waals surface area (Å²) in [4.78, 5) is 28.3. The molecule has 0 saturated carbocycles. The van der Waals surface area contributed by atoms with E-state index in [2.05, 4.69) is 5.32 Å². The molecule has 5 nitrogen and oxygen atoms in total. The van der Waals surface area contributed by atoms with Crippen LogP contribution in [0.3, 0.4) is 0 Å². The van der Waals surface area contributed by atoms with Crippen LogP contribution in [0.15, 0.2) is 78.9 Å². The lowest BCUT2D eigenvalue weighted by atomic mass is 10.0. The fraction of sp³-hybridized carbons (Fsp3) is 0.310. The highest BCUT2D eigenvalue weighted by Crippen LogP contribution is 2.30. The van der Waals surface area contributed by atoms with Gasteiger partial charge in [0, 0.05) is 38.9 Å². The van der Waals surface area contributed by atoms with Crippen molar-refractivity contribution in [3.63, 3.8) is 0 Å². The SMILES string of the molecule is CN(C)c1ccc(CC(=O)N(Cc2cccc(C(F)(F)F)c2)[C@@H](CCc2ccccc2)CNC=O)cc1. The first kappa shape index (κ1) is 27.8. The van der Waals surface area contributed by atoms with Crippen LogP contribution < -0.4 is 10.2 Å². The molecular weight excluding hydrogens is 479 g/mol. The Bertz CT molecular complexity index is 1150. The maximum Gasteiger partial charge on any atom is 0.416 e. The second-order valence-corrected chi connectivity index (χ2v) is 9.16. The molecule has 37 heavy (non-hydrogen) atoms. The maximum absolute atomic E-state index is 13.6. The van der Waals surface area contributed by atoms with Crippen molar-refractivity contribution in [1.82, 2.24) is 10.2 Å². The molecule has 0 saturated heterocycles. The first-order valence-corrected chi connectivity index (χ1v) is 12.1. The normalized spacial score (nSPS) is 12.0. The van der Waals surface area contributed by atoms with Gasteiger partial charge in [0.2, 0.25) is 12.3 Å². The molecule has 0 fully saturated rings. The number of aryl methyl sites for hydroxylation is 1. The van der Waals surface area contributed by atoms with Gasteiger partial charge in [0.15, 0.2) is 0 Å². The van der Waals surface area contributed by atoms with E-state index in [4.69, 9.17) is 0 Å². The number of nitrogens with one attached hydrogen (secondary N) is 1. The van der Waals surface area contributed by atoms with Crippen LogP contribution in [0.4, 0.5) is 18.9 Å². The van der Waals surface area contributed by atoms with Gasteiger partial charge < -0.3 is 15.1 Å². The van der Waals surface area contributed by atoms with E-state index in [1.54, 1.807) is 11.0 Å². The van der Waals surface area contributed by atoms with E-state index >= 15 is 0 Å². The molecule has 1 N–H and O–H groups in total. The summed E-state index contributed by atoms with van der Waals surface area (Å²) in [5, 5.41) is 2.67. The van der Waals surface area contributed by atoms with E-state index in [-0.39, 0.29) is 25.4 Å². The molecular formula is C29H32F3N3O2. The molecule has 196 valence electrons. The Kier molecular flexibility index (Phi) is 9.71. The number of carbonyl (C=O) groups is 2. The minimum Gasteiger partial charge on any atom is -0.378 e. The number of benzene rings is 3. The van der Waals surface area contributed by atoms with Crippen LogP contribution in [0.1, 0.15) is 28.7 Å². The van der Waals surface area contributed by atoms with Gasteiger partial charge in [-0.15, -0.1) is 0 Å². The van der Waals surface area contributed by atoms with Crippen molar-refractivity contribution < 1.29 is 22.8 Å². The van der Waals surface area contributed by atoms with Crippen LogP contribution in [0, 0.1) is 0 Å². The standard InChI is InChI=1S/C29H32F3N3O2/c1-34(2)26-14-12-23(13-15-26)18-28(37)35(20-24-9-6-10-25(17-24)29(30,31)32)27(19-33-21-36)16-11-22-7-4-3-5-8-22/h3-10,12-15,17,21,27H,11,16,18-20H2,1-2H3,(H,33,36)/t27-/m0/s1. The molecule has 3 rings (SSSR count). The lowest BCUT2D eigenvalue weighted by molar-refractivity contribution is -0.137. The van der Waals surface area contributed by atoms with Crippen molar-refractivity contribution in [1.29, 1.82) is 0 Å². The maximum atomic E-state index is 13.6. The van der Waals surface area contributed by atoms with Crippen molar-refractivity contribution in [2.24, 2.45) is 0 Å². The number of alkyl halides is 3. The average molecular weight is 512 g/mol. The average Bonchev–Trinajstić information content (AvgIpc) is 2.88. The van der Waals surface area contributed by atoms with Gasteiger partial charge in [-0.25, -0.2) is 0 Å². The van der Waals surface area contributed by atoms with Crippen molar-refractivity contribution in [2.75, 3.05) is 25.5 Å². The Labute approximate surface area is 215 Å². The molecule has 0 aliphatic heterocycles. The van der Waals surface area contributed by atoms with Gasteiger partial charge in [0.1, 0.15) is 0 Å². The fourth-order valence-corrected chi connectivity index (χ4v) is 4.18. The monoisotopic (exact) mass is 511 g/mol. The Morgan fingerprint density at radius 3 is 2.22 bits per heavy atom. The molecule has 0 unspecified atom stereocenters. The molecule has 0 aromatic heterocycles. The zero-order chi connectivity index (χ0) is 26.8. The molecule has 2 amide bonds. The molecule has 0 radical (unpaired) electrons. The van der Waals surface area contributed by atoms with Crippen molar-refractivity contribution in [3.8, 4) is 0 Å². The number of carbonyl (C=O) groups excluding carboxylic acids is 2. The third kappa shape index (κ3) is 8.37. The summed E-state index contributed by atoms with van der Waals surface area (Å²) < 4.78 is 40.0. The van der Waals surface area contributed by atoms with Gasteiger partial charge >= 0.3 is 6.18 Å². The summed E-state index contributed by atoms with van der Waals surface area (Å²) in [6.07, 6.45) is -2.63. The lowest BCUT2D eigenvalue weighted by Gasteiger charge is -2.32. The summed E-state index contributed by atoms with van der Waals surface area (Å²) in [6.45, 7) is 0.194. The second-order valence-electron chi connectivity index (χ2n) is 9.16. The molecule has 3 aromatic rings. The predicted octanol–water partition coefficient (Wildman–Crippen LogP) is 5.09. The Morgan fingerprint density at radius 2 is 1.59 bits per heavy atom. The highest BCUT2D eigenvalue weighted by Gasteiger charge is 2.31. The van der Waals surface area contributed by atoms with Crippen LogP contribution in [0.2, 0.25) is 0 Å². The van der Waals surface area contributed by atoms with E-state index in [0.29, 0.717) is 24.8 Å². The highest BCUT2D eigenvalue weighted by molar-refractivity contribution is 5.79. The lowest BCUT2D eigenvalue weighted by Crippen LogP contribution is -2.46. The largest absolute Gasteiger partial charge is 0.416 e. The van der Waals surface area contributed by atoms with E-state index in [1.165, 1.54) is 6.07 Å². The third-order valence-corrected chi connectivity index (χ3v) is 6.22. The zero-order valence-corrected chi connectivity index (χ0v) is 21.0. The molecule has 8 heteroatoms. The Morgan fingerprint density at radius 1 is 0.919 bits per heavy atom. The topological polar surface area (TPSA) is 52.7 Å². The van der Waals surface area contributed by atoms with Crippen molar-refractivity contribution >= 4 is 18.0 Å². The van der Waals surface area contributed by atoms with Crippen LogP contribution in [-0.4, -0.2) is 43.9 Å². The van der Waals surface area contributed by atoms with Gasteiger partial charge in [-0.3, -0.25) is 9.59 Å². The van der Waals surface area contributed by atoms with Crippen LogP contribution in [0.5, 0.6) is 0 Å². The summed E-state index contributed by atoms with van der Waals surface area (Å²) >= 11 is 0. The smallest absolute Gasteiger partial charge is 0.378 e. The number of hydrogen-bond acceptors (Lipinski definition) is 3. The third-order valence-electron chi connectivity index (χ3n) is 6.22. The minimum absolute atomic E-state index is 0.00146. The number of halogens is 3. The summed E-state index contributed by atoms with van der Waals surface area (Å²) in [7, 11) is 3.85. The number of hydrogen-bond donors (Lipinski definition) is 1. The fourth-order valence-electron chi connectivity index (χ4n) is 4.18. The molecule has 0 aliphatic carbocycles. The second kappa shape index (κ2) is 12.9. The zero-order valence-electron chi connectivity index (χ0n) is 21.0. The molecule has 0 heterocycles. The number of anilines is 1. The summed E-state index contributed by atoms with van der Waals surface area (Å²) in [5.74, 6) is -0.222. The van der Waals surface area contributed by atoms with Crippen molar-refractivity contribution in [2.45, 2.75) is 38.0 Å². The van der Waals surface area contributed by atoms with E-state index in [0.717, 1.165) is 28.9 Å². The Balaban J connectivity index is 1.89. The first-order chi connectivity index (χ1) is 17.7. The molecule has 0 bridgehead atoms. The summed E-state index contributed by atoms with van der Waals surface area (Å²) in [6, 6.07) is 21.9. The van der Waals surface area contributed by atoms with Gasteiger partial charge in [-0.05, 0) is 53.8 Å². The molecule has 0 aliphatic rings. The van der Waals surface area contributed by atoms with E-state index in [9.17, 15) is 22.8 Å².